The molecule has 3 aromatic carbocycles. The van der Waals surface area contributed by atoms with Gasteiger partial charge in [0.05, 0.1) is 19.1 Å². The van der Waals surface area contributed by atoms with Crippen molar-refractivity contribution in [2.24, 2.45) is 0 Å². The predicted octanol–water partition coefficient (Wildman–Crippen LogP) is 2.48. The number of carbonyl (C=O) groups excluding carboxylic acids is 2. The summed E-state index contributed by atoms with van der Waals surface area (Å²) in [4.78, 5) is 22.9. The van der Waals surface area contributed by atoms with Gasteiger partial charge in [-0.1, -0.05) is 50.2 Å². The van der Waals surface area contributed by atoms with Crippen LogP contribution < -0.4 is 25.4 Å². The fraction of sp³-hybridized carbons (Fsp3) is 0.417. The number of nitriles is 1. The maximum atomic E-state index is 11.8. The lowest BCUT2D eigenvalue weighted by Gasteiger charge is -2.15. The Morgan fingerprint density at radius 2 is 1.50 bits per heavy atom. The molecule has 0 radical (unpaired) electrons. The molecule has 3 aromatic rings. The molecule has 12 heteroatoms. The number of methoxy groups -OCH3 is 1. The molecule has 0 aliphatic rings. The minimum atomic E-state index is -0.732. The largest absolute Gasteiger partial charge is 0.508 e. The molecule has 12 nitrogen and oxygen atoms in total. The van der Waals surface area contributed by atoms with E-state index < -0.39 is 12.2 Å². The number of ether oxygens (including phenoxy) is 3. The molecule has 0 aliphatic heterocycles. The van der Waals surface area contributed by atoms with Gasteiger partial charge in [0.1, 0.15) is 48.7 Å². The Hall–Kier alpha value is -4.67. The van der Waals surface area contributed by atoms with Crippen LogP contribution in [0.4, 0.5) is 0 Å². The van der Waals surface area contributed by atoms with Crippen LogP contribution in [-0.4, -0.2) is 91.9 Å². The van der Waals surface area contributed by atoms with Gasteiger partial charge in [0.15, 0.2) is 0 Å². The Bertz CT molecular complexity index is 1390. The number of benzene rings is 3. The fourth-order valence-electron chi connectivity index (χ4n) is 4.07. The van der Waals surface area contributed by atoms with Gasteiger partial charge >= 0.3 is 5.97 Å². The van der Waals surface area contributed by atoms with Crippen molar-refractivity contribution in [3.8, 4) is 23.3 Å². The van der Waals surface area contributed by atoms with Crippen LogP contribution in [0, 0.1) is 11.3 Å². The normalized spacial score (nSPS) is 11.8. The summed E-state index contributed by atoms with van der Waals surface area (Å²) < 4.78 is 15.6. The summed E-state index contributed by atoms with van der Waals surface area (Å²) in [7, 11) is 1.39. The van der Waals surface area contributed by atoms with Crippen LogP contribution in [0.1, 0.15) is 37.0 Å². The molecule has 0 fully saturated rings. The Morgan fingerprint density at radius 1 is 0.854 bits per heavy atom. The van der Waals surface area contributed by atoms with Crippen molar-refractivity contribution in [2.45, 2.75) is 51.4 Å². The maximum absolute atomic E-state index is 11.8. The minimum absolute atomic E-state index is 0.0684. The molecule has 0 saturated carbocycles. The zero-order valence-corrected chi connectivity index (χ0v) is 27.9. The van der Waals surface area contributed by atoms with Crippen molar-refractivity contribution >= 4 is 11.9 Å². The highest BCUT2D eigenvalue weighted by Gasteiger charge is 2.09. The van der Waals surface area contributed by atoms with Gasteiger partial charge in [0, 0.05) is 38.6 Å². The van der Waals surface area contributed by atoms with Gasteiger partial charge in [-0.25, -0.2) is 0 Å². The Morgan fingerprint density at radius 3 is 2.17 bits per heavy atom. The Kier molecular flexibility index (Phi) is 18.8. The molecule has 0 heterocycles. The zero-order chi connectivity index (χ0) is 35.1. The summed E-state index contributed by atoms with van der Waals surface area (Å²) in [5.74, 6) is 0.999. The van der Waals surface area contributed by atoms with Crippen molar-refractivity contribution in [1.29, 1.82) is 5.26 Å². The van der Waals surface area contributed by atoms with E-state index in [0.717, 1.165) is 11.1 Å². The molecular formula is C36H48N4O8. The second kappa shape index (κ2) is 22.8. The van der Waals surface area contributed by atoms with Gasteiger partial charge in [-0.05, 0) is 53.9 Å². The molecule has 1 amide bonds. The summed E-state index contributed by atoms with van der Waals surface area (Å²) in [5, 5.41) is 46.8. The molecule has 0 bridgehead atoms. The highest BCUT2D eigenvalue weighted by Crippen LogP contribution is 2.17. The molecule has 2 unspecified atom stereocenters. The lowest BCUT2D eigenvalue weighted by Crippen LogP contribution is -2.37. The summed E-state index contributed by atoms with van der Waals surface area (Å²) in [5.41, 5.74) is 2.30. The van der Waals surface area contributed by atoms with E-state index in [1.165, 1.54) is 7.11 Å². The SMILES string of the molecule is COC(=O)CCc1ccc(OCC(O)CNC(C)C)cc1.N#Cc1ccccc1OCC(O)CNCCNC(=O)Cc1ccc(O)cc1. The van der Waals surface area contributed by atoms with E-state index in [-0.39, 0.29) is 37.3 Å². The third-order valence-electron chi connectivity index (χ3n) is 6.72. The molecule has 48 heavy (non-hydrogen) atoms. The zero-order valence-electron chi connectivity index (χ0n) is 27.9. The molecule has 260 valence electrons. The van der Waals surface area contributed by atoms with Crippen molar-refractivity contribution < 1.29 is 39.1 Å². The number of nitrogens with zero attached hydrogens (tertiary/aromatic N) is 1. The number of aliphatic hydroxyl groups is 2. The molecule has 3 rings (SSSR count). The molecule has 6 N–H and O–H groups in total. The number of esters is 1. The van der Waals surface area contributed by atoms with Crippen LogP contribution in [0.25, 0.3) is 0 Å². The van der Waals surface area contributed by atoms with Gasteiger partial charge in [-0.15, -0.1) is 0 Å². The smallest absolute Gasteiger partial charge is 0.305 e. The average Bonchev–Trinajstić information content (AvgIpc) is 3.09. The number of phenols is 1. The lowest BCUT2D eigenvalue weighted by molar-refractivity contribution is -0.140. The summed E-state index contributed by atoms with van der Waals surface area (Å²) in [6.45, 7) is 6.13. The highest BCUT2D eigenvalue weighted by atomic mass is 16.5. The van der Waals surface area contributed by atoms with Crippen molar-refractivity contribution in [1.82, 2.24) is 16.0 Å². The van der Waals surface area contributed by atoms with E-state index in [2.05, 4.69) is 20.7 Å². The van der Waals surface area contributed by atoms with Gasteiger partial charge in [-0.2, -0.15) is 5.26 Å². The number of phenolic OH excluding ortho intramolecular Hbond substituents is 1. The molecule has 0 aliphatic carbocycles. The first-order chi connectivity index (χ1) is 23.1. The van der Waals surface area contributed by atoms with Gasteiger partial charge in [0.25, 0.3) is 0 Å². The first-order valence-electron chi connectivity index (χ1n) is 15.8. The van der Waals surface area contributed by atoms with Crippen LogP contribution in [-0.2, 0) is 27.2 Å². The van der Waals surface area contributed by atoms with Crippen molar-refractivity contribution in [3.05, 3.63) is 89.5 Å². The van der Waals surface area contributed by atoms with E-state index in [9.17, 15) is 24.9 Å². The van der Waals surface area contributed by atoms with Crippen LogP contribution in [0.15, 0.2) is 72.8 Å². The molecule has 2 atom stereocenters. The quantitative estimate of drug-likeness (QED) is 0.0818. The van der Waals surface area contributed by atoms with Crippen molar-refractivity contribution in [3.63, 3.8) is 0 Å². The number of aromatic hydroxyl groups is 1. The number of hydrogen-bond donors (Lipinski definition) is 6. The minimum Gasteiger partial charge on any atom is -0.508 e. The van der Waals surface area contributed by atoms with E-state index in [1.807, 2.05) is 44.2 Å². The van der Waals surface area contributed by atoms with Crippen LogP contribution in [0.5, 0.6) is 17.2 Å². The number of carbonyl (C=O) groups is 2. The first-order valence-corrected chi connectivity index (χ1v) is 15.8. The lowest BCUT2D eigenvalue weighted by atomic mass is 10.1. The van der Waals surface area contributed by atoms with Crippen LogP contribution in [0.3, 0.4) is 0 Å². The molecule has 0 aromatic heterocycles. The molecule has 0 saturated heterocycles. The fourth-order valence-corrected chi connectivity index (χ4v) is 4.07. The summed E-state index contributed by atoms with van der Waals surface area (Å²) in [6.07, 6.45) is -0.00462. The Balaban J connectivity index is 0.000000345. The topological polar surface area (TPSA) is 182 Å². The number of aryl methyl sites for hydroxylation is 1. The number of hydrogen-bond acceptors (Lipinski definition) is 11. The third-order valence-corrected chi connectivity index (χ3v) is 6.72. The standard InChI is InChI=1S/C20H23N3O4.C16H25NO4/c21-12-16-3-1-2-4-19(16)27-14-18(25)13-22-9-10-23-20(26)11-15-5-7-17(24)8-6-15;1-12(2)17-10-14(18)11-21-15-7-4-13(5-8-15)6-9-16(19)20-3/h1-8,18,22,24-25H,9-11,13-14H2,(H,23,26);4-5,7-8,12,14,17-18H,6,9-11H2,1-3H3. The highest BCUT2D eigenvalue weighted by molar-refractivity contribution is 5.78. The van der Waals surface area contributed by atoms with E-state index in [0.29, 0.717) is 62.1 Å². The van der Waals surface area contributed by atoms with Crippen LogP contribution >= 0.6 is 0 Å². The van der Waals surface area contributed by atoms with Crippen LogP contribution in [0.2, 0.25) is 0 Å². The molecule has 0 spiro atoms. The second-order valence-electron chi connectivity index (χ2n) is 11.2. The first kappa shape index (κ1) is 39.5. The monoisotopic (exact) mass is 664 g/mol. The number of nitrogens with one attached hydrogen (secondary N) is 3. The van der Waals surface area contributed by atoms with E-state index in [4.69, 9.17) is 14.7 Å². The number of aliphatic hydroxyl groups excluding tert-OH is 2. The third kappa shape index (κ3) is 17.3. The average molecular weight is 665 g/mol. The number of rotatable bonds is 19. The molecular weight excluding hydrogens is 616 g/mol. The summed E-state index contributed by atoms with van der Waals surface area (Å²) in [6, 6.07) is 23.2. The van der Waals surface area contributed by atoms with E-state index >= 15 is 0 Å². The maximum Gasteiger partial charge on any atom is 0.305 e. The van der Waals surface area contributed by atoms with Gasteiger partial charge < -0.3 is 45.5 Å². The number of amides is 1. The second-order valence-corrected chi connectivity index (χ2v) is 11.2. The van der Waals surface area contributed by atoms with Gasteiger partial charge in [0.2, 0.25) is 5.91 Å². The van der Waals surface area contributed by atoms with Crippen molar-refractivity contribution in [2.75, 3.05) is 46.5 Å². The predicted molar refractivity (Wildman–Crippen MR) is 182 cm³/mol. The van der Waals surface area contributed by atoms with Gasteiger partial charge in [-0.3, -0.25) is 9.59 Å². The summed E-state index contributed by atoms with van der Waals surface area (Å²) >= 11 is 0. The Labute approximate surface area is 282 Å². The van der Waals surface area contributed by atoms with E-state index in [1.54, 1.807) is 48.5 Å². The number of para-hydroxylation sites is 1.